The van der Waals surface area contributed by atoms with E-state index in [1.54, 1.807) is 24.5 Å². The van der Waals surface area contributed by atoms with E-state index in [1.165, 1.54) is 4.40 Å². The molecule has 3 aromatic rings. The third-order valence-electron chi connectivity index (χ3n) is 4.64. The quantitative estimate of drug-likeness (QED) is 0.742. The Labute approximate surface area is 160 Å². The summed E-state index contributed by atoms with van der Waals surface area (Å²) in [6, 6.07) is 5.26. The molecule has 2 aromatic heterocycles. The average molecular weight is 387 g/mol. The molecule has 1 amide bonds. The lowest BCUT2D eigenvalue weighted by Gasteiger charge is -2.15. The molecule has 1 aromatic carbocycles. The van der Waals surface area contributed by atoms with E-state index in [0.717, 1.165) is 36.2 Å². The van der Waals surface area contributed by atoms with Crippen molar-refractivity contribution in [1.29, 1.82) is 0 Å². The lowest BCUT2D eigenvalue weighted by molar-refractivity contribution is -0.117. The van der Waals surface area contributed by atoms with Gasteiger partial charge in [-0.2, -0.15) is 0 Å². The molecule has 1 N–H and O–H groups in total. The van der Waals surface area contributed by atoms with E-state index in [2.05, 4.69) is 20.3 Å². The van der Waals surface area contributed by atoms with Crippen molar-refractivity contribution in [1.82, 2.24) is 19.2 Å². The molecule has 1 aliphatic heterocycles. The van der Waals surface area contributed by atoms with Crippen LogP contribution in [0.25, 0.3) is 5.65 Å². The Hall–Kier alpha value is -2.87. The van der Waals surface area contributed by atoms with Crippen LogP contribution in [-0.4, -0.2) is 38.2 Å². The topological polar surface area (TPSA) is 84.5 Å². The first-order chi connectivity index (χ1) is 13.0. The number of aromatic nitrogens is 4. The van der Waals surface area contributed by atoms with Gasteiger partial charge in [-0.3, -0.25) is 4.79 Å². The molecule has 1 aliphatic rings. The number of aryl methyl sites for hydroxylation is 1. The molecule has 27 heavy (non-hydrogen) atoms. The van der Waals surface area contributed by atoms with Gasteiger partial charge < -0.3 is 10.2 Å². The van der Waals surface area contributed by atoms with Gasteiger partial charge in [-0.05, 0) is 37.5 Å². The van der Waals surface area contributed by atoms with Gasteiger partial charge in [0.2, 0.25) is 11.6 Å². The fourth-order valence-electron chi connectivity index (χ4n) is 3.20. The van der Waals surface area contributed by atoms with Gasteiger partial charge >= 0.3 is 5.69 Å². The number of halogens is 1. The highest BCUT2D eigenvalue weighted by Gasteiger charge is 2.20. The molecule has 0 saturated carbocycles. The molecule has 8 nitrogen and oxygen atoms in total. The maximum Gasteiger partial charge on any atom is 0.350 e. The molecule has 3 heterocycles. The molecule has 0 bridgehead atoms. The number of carbonyl (C=O) groups is 1. The van der Waals surface area contributed by atoms with Crippen molar-refractivity contribution in [2.45, 2.75) is 26.3 Å². The number of hydrogen-bond donors (Lipinski definition) is 1. The van der Waals surface area contributed by atoms with Gasteiger partial charge in [0, 0.05) is 36.2 Å². The summed E-state index contributed by atoms with van der Waals surface area (Å²) in [6.45, 7) is 3.48. The van der Waals surface area contributed by atoms with Crippen molar-refractivity contribution < 1.29 is 4.79 Å². The van der Waals surface area contributed by atoms with Gasteiger partial charge in [-0.25, -0.2) is 18.9 Å². The van der Waals surface area contributed by atoms with Crippen LogP contribution in [0.2, 0.25) is 5.02 Å². The maximum atomic E-state index is 12.6. The first-order valence-electron chi connectivity index (χ1n) is 8.78. The minimum atomic E-state index is -0.370. The molecule has 0 unspecified atom stereocenters. The Kier molecular flexibility index (Phi) is 4.57. The molecule has 0 radical (unpaired) electrons. The number of hydrogen-bond acceptors (Lipinski definition) is 5. The second-order valence-electron chi connectivity index (χ2n) is 6.59. The normalized spacial score (nSPS) is 14.1. The SMILES string of the molecule is Cc1ccc(NC(=O)Cn2nc3c(N4CCCC4)nccn3c2=O)cc1Cl. The largest absolute Gasteiger partial charge is 0.353 e. The molecular weight excluding hydrogens is 368 g/mol. The van der Waals surface area contributed by atoms with E-state index in [-0.39, 0.29) is 18.1 Å². The summed E-state index contributed by atoms with van der Waals surface area (Å²) in [4.78, 5) is 31.5. The van der Waals surface area contributed by atoms with Gasteiger partial charge in [0.15, 0.2) is 5.82 Å². The zero-order valence-corrected chi connectivity index (χ0v) is 15.6. The minimum Gasteiger partial charge on any atom is -0.353 e. The highest BCUT2D eigenvalue weighted by atomic mass is 35.5. The smallest absolute Gasteiger partial charge is 0.350 e. The summed E-state index contributed by atoms with van der Waals surface area (Å²) in [5, 5.41) is 7.66. The summed E-state index contributed by atoms with van der Waals surface area (Å²) in [6.07, 6.45) is 5.34. The van der Waals surface area contributed by atoms with Crippen LogP contribution in [0.5, 0.6) is 0 Å². The van der Waals surface area contributed by atoms with Gasteiger partial charge in [-0.1, -0.05) is 17.7 Å². The Morgan fingerprint density at radius 1 is 1.30 bits per heavy atom. The van der Waals surface area contributed by atoms with Gasteiger partial charge in [-0.15, -0.1) is 5.10 Å². The van der Waals surface area contributed by atoms with Crippen LogP contribution in [-0.2, 0) is 11.3 Å². The summed E-state index contributed by atoms with van der Waals surface area (Å²) in [7, 11) is 0. The number of rotatable bonds is 4. The van der Waals surface area contributed by atoms with Crippen LogP contribution in [0.1, 0.15) is 18.4 Å². The number of nitrogens with zero attached hydrogens (tertiary/aromatic N) is 5. The van der Waals surface area contributed by atoms with Gasteiger partial charge in [0.05, 0.1) is 0 Å². The van der Waals surface area contributed by atoms with Crippen molar-refractivity contribution in [3.05, 3.63) is 51.7 Å². The number of amides is 1. The van der Waals surface area contributed by atoms with Crippen molar-refractivity contribution in [3.63, 3.8) is 0 Å². The second-order valence-corrected chi connectivity index (χ2v) is 7.00. The van der Waals surface area contributed by atoms with E-state index in [4.69, 9.17) is 11.6 Å². The number of benzene rings is 1. The molecule has 0 aliphatic carbocycles. The molecule has 140 valence electrons. The van der Waals surface area contributed by atoms with Crippen molar-refractivity contribution in [2.75, 3.05) is 23.3 Å². The van der Waals surface area contributed by atoms with Crippen LogP contribution in [0.15, 0.2) is 35.4 Å². The van der Waals surface area contributed by atoms with Crippen LogP contribution in [0.3, 0.4) is 0 Å². The predicted octanol–water partition coefficient (Wildman–Crippen LogP) is 2.09. The lowest BCUT2D eigenvalue weighted by Crippen LogP contribution is -2.28. The number of fused-ring (bicyclic) bond motifs is 1. The van der Waals surface area contributed by atoms with E-state index in [1.807, 2.05) is 13.0 Å². The second kappa shape index (κ2) is 7.03. The number of nitrogens with one attached hydrogen (secondary N) is 1. The predicted molar refractivity (Wildman–Crippen MR) is 104 cm³/mol. The molecule has 0 atom stereocenters. The van der Waals surface area contributed by atoms with Crippen LogP contribution in [0.4, 0.5) is 11.5 Å². The standard InChI is InChI=1S/C18H19ClN6O2/c1-12-4-5-13(10-14(12)19)21-15(26)11-25-18(27)24-9-6-20-16(17(24)22-25)23-7-2-3-8-23/h4-6,9-10H,2-3,7-8,11H2,1H3,(H,21,26). The Morgan fingerprint density at radius 2 is 2.07 bits per heavy atom. The number of anilines is 2. The van der Waals surface area contributed by atoms with E-state index < -0.39 is 0 Å². The van der Waals surface area contributed by atoms with Crippen molar-refractivity contribution in [2.24, 2.45) is 0 Å². The summed E-state index contributed by atoms with van der Waals surface area (Å²) in [5.74, 6) is 0.327. The first kappa shape index (κ1) is 17.5. The lowest BCUT2D eigenvalue weighted by atomic mass is 10.2. The highest BCUT2D eigenvalue weighted by Crippen LogP contribution is 2.21. The molecule has 9 heteroatoms. The van der Waals surface area contributed by atoms with Crippen molar-refractivity contribution >= 4 is 34.7 Å². The van der Waals surface area contributed by atoms with Crippen molar-refractivity contribution in [3.8, 4) is 0 Å². The Balaban J connectivity index is 1.59. The third-order valence-corrected chi connectivity index (χ3v) is 5.04. The highest BCUT2D eigenvalue weighted by molar-refractivity contribution is 6.31. The zero-order valence-electron chi connectivity index (χ0n) is 14.9. The van der Waals surface area contributed by atoms with Crippen LogP contribution >= 0.6 is 11.6 Å². The maximum absolute atomic E-state index is 12.6. The molecule has 1 saturated heterocycles. The minimum absolute atomic E-state index is 0.189. The van der Waals surface area contributed by atoms with E-state index >= 15 is 0 Å². The van der Waals surface area contributed by atoms with Gasteiger partial charge in [0.1, 0.15) is 6.54 Å². The zero-order chi connectivity index (χ0) is 19.0. The molecular formula is C18H19ClN6O2. The monoisotopic (exact) mass is 386 g/mol. The van der Waals surface area contributed by atoms with Crippen LogP contribution < -0.4 is 15.9 Å². The Morgan fingerprint density at radius 3 is 2.81 bits per heavy atom. The summed E-state index contributed by atoms with van der Waals surface area (Å²) < 4.78 is 2.58. The average Bonchev–Trinajstić information content (AvgIpc) is 3.27. The Bertz CT molecular complexity index is 1070. The first-order valence-corrected chi connectivity index (χ1v) is 9.16. The van der Waals surface area contributed by atoms with Gasteiger partial charge in [0.25, 0.3) is 0 Å². The summed E-state index contributed by atoms with van der Waals surface area (Å²) >= 11 is 6.08. The fraction of sp³-hybridized carbons (Fsp3) is 0.333. The van der Waals surface area contributed by atoms with E-state index in [9.17, 15) is 9.59 Å². The molecule has 1 fully saturated rings. The van der Waals surface area contributed by atoms with Crippen LogP contribution in [0, 0.1) is 6.92 Å². The number of carbonyl (C=O) groups excluding carboxylic acids is 1. The molecule has 4 rings (SSSR count). The molecule has 0 spiro atoms. The fourth-order valence-corrected chi connectivity index (χ4v) is 3.38. The van der Waals surface area contributed by atoms with E-state index in [0.29, 0.717) is 22.2 Å². The summed E-state index contributed by atoms with van der Waals surface area (Å²) in [5.41, 5.74) is 1.60. The third kappa shape index (κ3) is 3.40.